The summed E-state index contributed by atoms with van der Waals surface area (Å²) in [6.45, 7) is 3.60. The molecule has 1 N–H and O–H groups in total. The molecule has 2 atom stereocenters. The summed E-state index contributed by atoms with van der Waals surface area (Å²) in [7, 11) is 0. The van der Waals surface area contributed by atoms with Gasteiger partial charge >= 0.3 is 0 Å². The van der Waals surface area contributed by atoms with Gasteiger partial charge < -0.3 is 5.32 Å². The summed E-state index contributed by atoms with van der Waals surface area (Å²) in [5, 5.41) is 3.92. The maximum absolute atomic E-state index is 3.92. The summed E-state index contributed by atoms with van der Waals surface area (Å²) in [6, 6.07) is 11.9. The molecule has 3 rings (SSSR count). The Bertz CT molecular complexity index is 393. The van der Waals surface area contributed by atoms with Crippen molar-refractivity contribution in [2.24, 2.45) is 5.41 Å². The predicted molar refractivity (Wildman–Crippen MR) is 81.4 cm³/mol. The third kappa shape index (κ3) is 3.02. The van der Waals surface area contributed by atoms with Crippen LogP contribution in [0.5, 0.6) is 0 Å². The molecule has 2 aliphatic carbocycles. The smallest absolute Gasteiger partial charge is 0.0136 e. The number of benzene rings is 1. The van der Waals surface area contributed by atoms with Gasteiger partial charge in [0.25, 0.3) is 0 Å². The first-order valence-corrected chi connectivity index (χ1v) is 8.11. The zero-order chi connectivity index (χ0) is 13.1. The van der Waals surface area contributed by atoms with Crippen LogP contribution in [0.4, 0.5) is 0 Å². The molecule has 2 unspecified atom stereocenters. The molecule has 0 radical (unpaired) electrons. The van der Waals surface area contributed by atoms with Gasteiger partial charge in [-0.3, -0.25) is 0 Å². The van der Waals surface area contributed by atoms with Crippen LogP contribution in [0.1, 0.15) is 63.4 Å². The van der Waals surface area contributed by atoms with Crippen LogP contribution in [0.3, 0.4) is 0 Å². The number of hydrogen-bond acceptors (Lipinski definition) is 1. The molecule has 1 nitrogen and oxygen atoms in total. The average molecular weight is 257 g/mol. The summed E-state index contributed by atoms with van der Waals surface area (Å²) in [5.74, 6) is 0.739. The van der Waals surface area contributed by atoms with Crippen molar-refractivity contribution in [1.82, 2.24) is 5.32 Å². The van der Waals surface area contributed by atoms with Crippen molar-refractivity contribution >= 4 is 0 Å². The lowest BCUT2D eigenvalue weighted by Gasteiger charge is -2.34. The lowest BCUT2D eigenvalue weighted by molar-refractivity contribution is 0.300. The van der Waals surface area contributed by atoms with E-state index in [9.17, 15) is 0 Å². The van der Waals surface area contributed by atoms with Gasteiger partial charge in [0.15, 0.2) is 0 Å². The van der Waals surface area contributed by atoms with Crippen molar-refractivity contribution in [2.75, 3.05) is 6.54 Å². The average Bonchev–Trinajstić information content (AvgIpc) is 3.27. The number of hydrogen-bond donors (Lipinski definition) is 1. The molecular weight excluding hydrogens is 230 g/mol. The normalized spacial score (nSPS) is 29.1. The second kappa shape index (κ2) is 5.66. The molecular formula is C18H27N. The quantitative estimate of drug-likeness (QED) is 0.819. The van der Waals surface area contributed by atoms with Gasteiger partial charge in [0, 0.05) is 12.6 Å². The third-order valence-corrected chi connectivity index (χ3v) is 5.44. The van der Waals surface area contributed by atoms with Gasteiger partial charge in [-0.1, -0.05) is 50.1 Å². The van der Waals surface area contributed by atoms with E-state index in [4.69, 9.17) is 0 Å². The molecule has 0 aliphatic heterocycles. The highest BCUT2D eigenvalue weighted by molar-refractivity contribution is 5.22. The molecule has 104 valence electrons. The first kappa shape index (κ1) is 13.2. The van der Waals surface area contributed by atoms with Crippen molar-refractivity contribution in [3.63, 3.8) is 0 Å². The number of nitrogens with one attached hydrogen (secondary N) is 1. The van der Waals surface area contributed by atoms with Gasteiger partial charge in [0.2, 0.25) is 0 Å². The Morgan fingerprint density at radius 2 is 1.84 bits per heavy atom. The van der Waals surface area contributed by atoms with Crippen molar-refractivity contribution in [2.45, 2.75) is 63.8 Å². The Morgan fingerprint density at radius 1 is 1.11 bits per heavy atom. The monoisotopic (exact) mass is 257 g/mol. The molecule has 1 aromatic carbocycles. The van der Waals surface area contributed by atoms with Crippen LogP contribution in [0.15, 0.2) is 30.3 Å². The maximum Gasteiger partial charge on any atom is 0.0136 e. The van der Waals surface area contributed by atoms with Crippen molar-refractivity contribution < 1.29 is 0 Å². The van der Waals surface area contributed by atoms with Gasteiger partial charge in [-0.05, 0) is 49.0 Å². The highest BCUT2D eigenvalue weighted by atomic mass is 14.9. The first-order valence-electron chi connectivity index (χ1n) is 8.11. The molecule has 0 aromatic heterocycles. The molecule has 0 bridgehead atoms. The fourth-order valence-electron chi connectivity index (χ4n) is 3.65. The largest absolute Gasteiger partial charge is 0.313 e. The van der Waals surface area contributed by atoms with Gasteiger partial charge in [-0.15, -0.1) is 0 Å². The van der Waals surface area contributed by atoms with E-state index in [1.807, 2.05) is 0 Å². The Balaban J connectivity index is 1.64. The fourth-order valence-corrected chi connectivity index (χ4v) is 3.65. The Kier molecular flexibility index (Phi) is 3.93. The van der Waals surface area contributed by atoms with Gasteiger partial charge in [0.05, 0.1) is 0 Å². The summed E-state index contributed by atoms with van der Waals surface area (Å²) < 4.78 is 0. The zero-order valence-electron chi connectivity index (χ0n) is 12.2. The second-order valence-corrected chi connectivity index (χ2v) is 6.64. The van der Waals surface area contributed by atoms with Crippen molar-refractivity contribution in [3.8, 4) is 0 Å². The van der Waals surface area contributed by atoms with E-state index >= 15 is 0 Å². The molecule has 1 aromatic rings. The minimum atomic E-state index is 0.665. The highest BCUT2D eigenvalue weighted by Crippen LogP contribution is 2.48. The van der Waals surface area contributed by atoms with Crippen LogP contribution in [0.25, 0.3) is 0 Å². The van der Waals surface area contributed by atoms with E-state index in [0.717, 1.165) is 5.92 Å². The SMILES string of the molecule is CCC1(CNC2CCCCC2c2ccccc2)CC1. The molecule has 0 amide bonds. The van der Waals surface area contributed by atoms with Crippen LogP contribution < -0.4 is 5.32 Å². The third-order valence-electron chi connectivity index (χ3n) is 5.44. The van der Waals surface area contributed by atoms with Gasteiger partial charge in [-0.25, -0.2) is 0 Å². The van der Waals surface area contributed by atoms with E-state index in [1.54, 1.807) is 5.56 Å². The van der Waals surface area contributed by atoms with E-state index in [1.165, 1.54) is 51.5 Å². The summed E-state index contributed by atoms with van der Waals surface area (Å²) in [4.78, 5) is 0. The molecule has 2 saturated carbocycles. The molecule has 19 heavy (non-hydrogen) atoms. The Morgan fingerprint density at radius 3 is 2.53 bits per heavy atom. The van der Waals surface area contributed by atoms with E-state index < -0.39 is 0 Å². The van der Waals surface area contributed by atoms with E-state index in [2.05, 4.69) is 42.6 Å². The Labute approximate surface area is 117 Å². The zero-order valence-corrected chi connectivity index (χ0v) is 12.2. The van der Waals surface area contributed by atoms with Crippen LogP contribution in [-0.4, -0.2) is 12.6 Å². The topological polar surface area (TPSA) is 12.0 Å². The van der Waals surface area contributed by atoms with Crippen molar-refractivity contribution in [1.29, 1.82) is 0 Å². The molecule has 0 spiro atoms. The molecule has 1 heteroatoms. The van der Waals surface area contributed by atoms with Crippen molar-refractivity contribution in [3.05, 3.63) is 35.9 Å². The highest BCUT2D eigenvalue weighted by Gasteiger charge is 2.41. The van der Waals surface area contributed by atoms with Crippen LogP contribution >= 0.6 is 0 Å². The minimum absolute atomic E-state index is 0.665. The molecule has 0 saturated heterocycles. The standard InChI is InChI=1S/C18H27N/c1-2-18(12-13-18)14-19-17-11-7-6-10-16(17)15-8-4-3-5-9-15/h3-5,8-9,16-17,19H,2,6-7,10-14H2,1H3. The van der Waals surface area contributed by atoms with Gasteiger partial charge in [-0.2, -0.15) is 0 Å². The van der Waals surface area contributed by atoms with Crippen LogP contribution in [0, 0.1) is 5.41 Å². The van der Waals surface area contributed by atoms with E-state index in [-0.39, 0.29) is 0 Å². The summed E-state index contributed by atoms with van der Waals surface area (Å²) in [6.07, 6.45) is 9.76. The van der Waals surface area contributed by atoms with Gasteiger partial charge in [0.1, 0.15) is 0 Å². The summed E-state index contributed by atoms with van der Waals surface area (Å²) >= 11 is 0. The lowest BCUT2D eigenvalue weighted by Crippen LogP contribution is -2.40. The first-order chi connectivity index (χ1) is 9.33. The van der Waals surface area contributed by atoms with E-state index in [0.29, 0.717) is 11.5 Å². The lowest BCUT2D eigenvalue weighted by atomic mass is 9.79. The molecule has 2 fully saturated rings. The maximum atomic E-state index is 3.92. The second-order valence-electron chi connectivity index (χ2n) is 6.64. The Hall–Kier alpha value is -0.820. The molecule has 2 aliphatic rings. The minimum Gasteiger partial charge on any atom is -0.313 e. The number of rotatable bonds is 5. The van der Waals surface area contributed by atoms with Crippen LogP contribution in [0.2, 0.25) is 0 Å². The summed E-state index contributed by atoms with van der Waals surface area (Å²) in [5.41, 5.74) is 2.21. The van der Waals surface area contributed by atoms with Crippen LogP contribution in [-0.2, 0) is 0 Å². The fraction of sp³-hybridized carbons (Fsp3) is 0.667. The predicted octanol–water partition coefficient (Wildman–Crippen LogP) is 4.49. The molecule has 0 heterocycles.